The molecule has 0 aliphatic heterocycles. The third-order valence-corrected chi connectivity index (χ3v) is 4.65. The van der Waals surface area contributed by atoms with Crippen molar-refractivity contribution < 1.29 is 14.2 Å². The highest BCUT2D eigenvalue weighted by atomic mass is 16.5. The van der Waals surface area contributed by atoms with Gasteiger partial charge in [-0.25, -0.2) is 9.97 Å². The van der Waals surface area contributed by atoms with Gasteiger partial charge in [-0.15, -0.1) is 0 Å². The zero-order valence-electron chi connectivity index (χ0n) is 17.5. The van der Waals surface area contributed by atoms with E-state index in [0.29, 0.717) is 35.0 Å². The van der Waals surface area contributed by atoms with Crippen molar-refractivity contribution in [2.45, 2.75) is 6.92 Å². The summed E-state index contributed by atoms with van der Waals surface area (Å²) in [5.41, 5.74) is 9.60. The first kappa shape index (κ1) is 20.2. The molecule has 0 saturated carbocycles. The average Bonchev–Trinajstić information content (AvgIpc) is 2.79. The number of aromatic nitrogens is 3. The van der Waals surface area contributed by atoms with E-state index in [-0.39, 0.29) is 5.95 Å². The van der Waals surface area contributed by atoms with Crippen LogP contribution in [0.15, 0.2) is 54.6 Å². The molecule has 0 fully saturated rings. The molecule has 0 unspecified atom stereocenters. The number of methoxy groups -OCH3 is 2. The predicted octanol–water partition coefficient (Wildman–Crippen LogP) is 4.43. The molecule has 0 aliphatic rings. The number of nitrogens with zero attached hydrogens (tertiary/aromatic N) is 3. The van der Waals surface area contributed by atoms with Crippen molar-refractivity contribution in [3.05, 3.63) is 54.6 Å². The first-order valence-electron chi connectivity index (χ1n) is 9.78. The molecule has 3 N–H and O–H groups in total. The van der Waals surface area contributed by atoms with E-state index in [0.717, 1.165) is 22.7 Å². The van der Waals surface area contributed by atoms with E-state index in [4.69, 9.17) is 24.9 Å². The summed E-state index contributed by atoms with van der Waals surface area (Å²) in [4.78, 5) is 13.5. The van der Waals surface area contributed by atoms with Crippen LogP contribution in [-0.2, 0) is 0 Å². The van der Waals surface area contributed by atoms with Crippen LogP contribution in [0.25, 0.3) is 22.3 Å². The largest absolute Gasteiger partial charge is 0.494 e. The van der Waals surface area contributed by atoms with Crippen LogP contribution >= 0.6 is 0 Å². The Balaban J connectivity index is 1.77. The summed E-state index contributed by atoms with van der Waals surface area (Å²) >= 11 is 0. The second-order valence-corrected chi connectivity index (χ2v) is 6.65. The topological polar surface area (TPSA) is 104 Å². The fourth-order valence-electron chi connectivity index (χ4n) is 3.24. The van der Waals surface area contributed by atoms with Crippen molar-refractivity contribution in [3.8, 4) is 28.5 Å². The van der Waals surface area contributed by atoms with E-state index in [9.17, 15) is 0 Å². The van der Waals surface area contributed by atoms with Gasteiger partial charge < -0.3 is 25.3 Å². The SMILES string of the molecule is CCOc1cccc(Nc2nc(N)nc3ccc(-c4ccc(OC)c(OC)c4)nc23)c1. The normalized spacial score (nSPS) is 10.7. The van der Waals surface area contributed by atoms with E-state index in [1.54, 1.807) is 14.2 Å². The first-order chi connectivity index (χ1) is 15.1. The van der Waals surface area contributed by atoms with Gasteiger partial charge in [0, 0.05) is 17.3 Å². The zero-order valence-corrected chi connectivity index (χ0v) is 17.5. The molecule has 2 aromatic carbocycles. The number of hydrogen-bond donors (Lipinski definition) is 2. The maximum atomic E-state index is 5.93. The van der Waals surface area contributed by atoms with Crippen LogP contribution in [0.2, 0.25) is 0 Å². The third kappa shape index (κ3) is 4.28. The molecule has 2 heterocycles. The molecular weight excluding hydrogens is 394 g/mol. The van der Waals surface area contributed by atoms with Crippen molar-refractivity contribution in [1.82, 2.24) is 15.0 Å². The number of hydrogen-bond acceptors (Lipinski definition) is 8. The Labute approximate surface area is 180 Å². The van der Waals surface area contributed by atoms with Crippen molar-refractivity contribution >= 4 is 28.5 Å². The van der Waals surface area contributed by atoms with E-state index in [1.807, 2.05) is 61.5 Å². The van der Waals surface area contributed by atoms with Crippen LogP contribution in [0, 0.1) is 0 Å². The summed E-state index contributed by atoms with van der Waals surface area (Å²) in [5.74, 6) is 2.72. The second-order valence-electron chi connectivity index (χ2n) is 6.65. The summed E-state index contributed by atoms with van der Waals surface area (Å²) in [6.07, 6.45) is 0. The van der Waals surface area contributed by atoms with Gasteiger partial charge in [-0.1, -0.05) is 6.07 Å². The number of nitrogen functional groups attached to an aromatic ring is 1. The summed E-state index contributed by atoms with van der Waals surface area (Å²) in [7, 11) is 3.20. The molecule has 0 atom stereocenters. The van der Waals surface area contributed by atoms with Crippen molar-refractivity contribution in [2.75, 3.05) is 31.9 Å². The number of nitrogens with one attached hydrogen (secondary N) is 1. The predicted molar refractivity (Wildman–Crippen MR) is 121 cm³/mol. The molecule has 2 aromatic heterocycles. The lowest BCUT2D eigenvalue weighted by atomic mass is 10.1. The van der Waals surface area contributed by atoms with Crippen LogP contribution in [0.1, 0.15) is 6.92 Å². The Bertz CT molecular complexity index is 1230. The van der Waals surface area contributed by atoms with Crippen LogP contribution < -0.4 is 25.3 Å². The smallest absolute Gasteiger partial charge is 0.222 e. The van der Waals surface area contributed by atoms with Gasteiger partial charge in [0.25, 0.3) is 0 Å². The Morgan fingerprint density at radius 3 is 2.52 bits per heavy atom. The minimum absolute atomic E-state index is 0.164. The van der Waals surface area contributed by atoms with Crippen LogP contribution in [0.3, 0.4) is 0 Å². The van der Waals surface area contributed by atoms with Crippen molar-refractivity contribution in [1.29, 1.82) is 0 Å². The van der Waals surface area contributed by atoms with Crippen LogP contribution in [-0.4, -0.2) is 35.8 Å². The summed E-state index contributed by atoms with van der Waals surface area (Å²) < 4.78 is 16.3. The zero-order chi connectivity index (χ0) is 21.8. The van der Waals surface area contributed by atoms with E-state index in [1.165, 1.54) is 0 Å². The van der Waals surface area contributed by atoms with E-state index < -0.39 is 0 Å². The van der Waals surface area contributed by atoms with Crippen molar-refractivity contribution in [2.24, 2.45) is 0 Å². The lowest BCUT2D eigenvalue weighted by Gasteiger charge is -2.12. The number of anilines is 3. The maximum Gasteiger partial charge on any atom is 0.222 e. The Morgan fingerprint density at radius 2 is 1.74 bits per heavy atom. The minimum Gasteiger partial charge on any atom is -0.494 e. The maximum absolute atomic E-state index is 5.93. The number of ether oxygens (including phenoxy) is 3. The van der Waals surface area contributed by atoms with Gasteiger partial charge in [-0.2, -0.15) is 4.98 Å². The van der Waals surface area contributed by atoms with Crippen molar-refractivity contribution in [3.63, 3.8) is 0 Å². The Morgan fingerprint density at radius 1 is 0.903 bits per heavy atom. The van der Waals surface area contributed by atoms with E-state index >= 15 is 0 Å². The quantitative estimate of drug-likeness (QED) is 0.455. The Kier molecular flexibility index (Phi) is 5.70. The fourth-order valence-corrected chi connectivity index (χ4v) is 3.24. The van der Waals surface area contributed by atoms with E-state index in [2.05, 4.69) is 15.3 Å². The molecule has 0 amide bonds. The highest BCUT2D eigenvalue weighted by Gasteiger charge is 2.12. The summed E-state index contributed by atoms with van der Waals surface area (Å²) in [6.45, 7) is 2.53. The van der Waals surface area contributed by atoms with Gasteiger partial charge in [-0.05, 0) is 49.4 Å². The number of rotatable bonds is 7. The molecule has 4 rings (SSSR count). The summed E-state index contributed by atoms with van der Waals surface area (Å²) in [5, 5.41) is 3.29. The molecular formula is C23H23N5O3. The average molecular weight is 417 g/mol. The number of nitrogens with two attached hydrogens (primary N) is 1. The van der Waals surface area contributed by atoms with Crippen LogP contribution in [0.4, 0.5) is 17.5 Å². The lowest BCUT2D eigenvalue weighted by molar-refractivity contribution is 0.340. The monoisotopic (exact) mass is 417 g/mol. The number of benzene rings is 2. The number of pyridine rings is 1. The second kappa shape index (κ2) is 8.74. The lowest BCUT2D eigenvalue weighted by Crippen LogP contribution is -2.03. The van der Waals surface area contributed by atoms with Gasteiger partial charge in [0.05, 0.1) is 32.0 Å². The highest BCUT2D eigenvalue weighted by Crippen LogP contribution is 2.33. The van der Waals surface area contributed by atoms with Gasteiger partial charge >= 0.3 is 0 Å². The molecule has 0 radical (unpaired) electrons. The summed E-state index contributed by atoms with van der Waals surface area (Å²) in [6, 6.07) is 17.0. The molecule has 0 spiro atoms. The van der Waals surface area contributed by atoms with Crippen LogP contribution in [0.5, 0.6) is 17.2 Å². The Hall–Kier alpha value is -4.07. The third-order valence-electron chi connectivity index (χ3n) is 4.65. The number of fused-ring (bicyclic) bond motifs is 1. The molecule has 0 aliphatic carbocycles. The molecule has 4 aromatic rings. The minimum atomic E-state index is 0.164. The molecule has 0 bridgehead atoms. The highest BCUT2D eigenvalue weighted by molar-refractivity contribution is 5.90. The molecule has 8 nitrogen and oxygen atoms in total. The molecule has 31 heavy (non-hydrogen) atoms. The molecule has 158 valence electrons. The standard InChI is InChI=1S/C23H23N5O3/c1-4-31-16-7-5-6-15(13-16)25-22-21-18(27-23(24)28-22)10-9-17(26-21)14-8-11-19(29-2)20(12-14)30-3/h5-13H,4H2,1-3H3,(H3,24,25,27,28). The van der Waals surface area contributed by atoms with Gasteiger partial charge in [0.15, 0.2) is 17.3 Å². The molecule has 8 heteroatoms. The molecule has 0 saturated heterocycles. The first-order valence-corrected chi connectivity index (χ1v) is 9.78. The van der Waals surface area contributed by atoms with Gasteiger partial charge in [-0.3, -0.25) is 0 Å². The van der Waals surface area contributed by atoms with Gasteiger partial charge in [0.1, 0.15) is 11.3 Å². The van der Waals surface area contributed by atoms with Gasteiger partial charge in [0.2, 0.25) is 5.95 Å². The fraction of sp³-hybridized carbons (Fsp3) is 0.174.